The van der Waals surface area contributed by atoms with Crippen LogP contribution in [0.4, 0.5) is 0 Å². The number of H-pyrrole nitrogens is 1. The summed E-state index contributed by atoms with van der Waals surface area (Å²) in [7, 11) is -3.46. The van der Waals surface area contributed by atoms with Crippen LogP contribution in [0.15, 0.2) is 11.2 Å². The van der Waals surface area contributed by atoms with Crippen molar-refractivity contribution >= 4 is 10.0 Å². The maximum absolute atomic E-state index is 12.2. The van der Waals surface area contributed by atoms with E-state index in [0.717, 1.165) is 18.8 Å². The van der Waals surface area contributed by atoms with Crippen molar-refractivity contribution in [1.29, 1.82) is 0 Å². The van der Waals surface area contributed by atoms with E-state index in [4.69, 9.17) is 0 Å². The van der Waals surface area contributed by atoms with E-state index < -0.39 is 10.0 Å². The van der Waals surface area contributed by atoms with Gasteiger partial charge in [0.25, 0.3) is 10.0 Å². The van der Waals surface area contributed by atoms with E-state index in [9.17, 15) is 8.42 Å². The monoisotopic (exact) mass is 298 g/mol. The van der Waals surface area contributed by atoms with Gasteiger partial charge in [0.15, 0.2) is 5.03 Å². The first kappa shape index (κ1) is 14.0. The molecule has 0 aromatic carbocycles. The van der Waals surface area contributed by atoms with Gasteiger partial charge in [-0.3, -0.25) is 5.10 Å². The molecule has 0 radical (unpaired) electrons. The van der Waals surface area contributed by atoms with Crippen LogP contribution in [0, 0.1) is 5.92 Å². The number of hydrogen-bond donors (Lipinski definition) is 3. The lowest BCUT2D eigenvalue weighted by atomic mass is 10.2. The molecule has 0 atom stereocenters. The third-order valence-corrected chi connectivity index (χ3v) is 5.36. The van der Waals surface area contributed by atoms with Crippen molar-refractivity contribution in [2.45, 2.75) is 56.1 Å². The van der Waals surface area contributed by atoms with Crippen molar-refractivity contribution in [2.24, 2.45) is 5.92 Å². The van der Waals surface area contributed by atoms with Crippen LogP contribution in [0.1, 0.15) is 44.1 Å². The second-order valence-corrected chi connectivity index (χ2v) is 7.57. The highest BCUT2D eigenvalue weighted by atomic mass is 32.2. The summed E-state index contributed by atoms with van der Waals surface area (Å²) in [5.74, 6) is 0.838. The number of hydrogen-bond acceptors (Lipinski definition) is 4. The molecule has 1 heterocycles. The summed E-state index contributed by atoms with van der Waals surface area (Å²) in [6, 6.07) is 0.548. The fraction of sp³-hybridized carbons (Fsp3) is 0.769. The Kier molecular flexibility index (Phi) is 4.09. The van der Waals surface area contributed by atoms with Crippen molar-refractivity contribution in [3.05, 3.63) is 11.8 Å². The molecule has 1 aromatic heterocycles. The zero-order chi connectivity index (χ0) is 14.0. The van der Waals surface area contributed by atoms with Gasteiger partial charge in [0.05, 0.1) is 6.20 Å². The number of aromatic amines is 1. The molecule has 1 aromatic rings. The van der Waals surface area contributed by atoms with Crippen LogP contribution in [0.5, 0.6) is 0 Å². The predicted octanol–water partition coefficient (Wildman–Crippen LogP) is 1.13. The van der Waals surface area contributed by atoms with Gasteiger partial charge < -0.3 is 5.32 Å². The molecule has 3 N–H and O–H groups in total. The van der Waals surface area contributed by atoms with Crippen LogP contribution in [0.25, 0.3) is 0 Å². The molecular formula is C13H22N4O2S. The van der Waals surface area contributed by atoms with E-state index in [1.54, 1.807) is 6.20 Å². The quantitative estimate of drug-likeness (QED) is 0.596. The average Bonchev–Trinajstić information content (AvgIpc) is 3.33. The van der Waals surface area contributed by atoms with Crippen molar-refractivity contribution in [3.63, 3.8) is 0 Å². The molecule has 2 saturated carbocycles. The Bertz CT molecular complexity index is 546. The summed E-state index contributed by atoms with van der Waals surface area (Å²) in [6.45, 7) is 1.06. The van der Waals surface area contributed by atoms with Crippen molar-refractivity contribution in [1.82, 2.24) is 20.2 Å². The average molecular weight is 298 g/mol. The Hall–Kier alpha value is -0.920. The molecule has 0 aliphatic heterocycles. The Morgan fingerprint density at radius 2 is 2.10 bits per heavy atom. The molecule has 0 spiro atoms. The van der Waals surface area contributed by atoms with Gasteiger partial charge in [0.2, 0.25) is 0 Å². The minimum absolute atomic E-state index is 0.206. The Morgan fingerprint density at radius 1 is 1.30 bits per heavy atom. The zero-order valence-electron chi connectivity index (χ0n) is 11.6. The number of sulfonamides is 1. The molecule has 0 unspecified atom stereocenters. The first-order valence-electron chi connectivity index (χ1n) is 7.40. The minimum atomic E-state index is -3.46. The summed E-state index contributed by atoms with van der Waals surface area (Å²) < 4.78 is 27.1. The van der Waals surface area contributed by atoms with E-state index in [1.165, 1.54) is 25.7 Å². The lowest BCUT2D eigenvalue weighted by Gasteiger charge is -2.07. The third kappa shape index (κ3) is 3.80. The first-order chi connectivity index (χ1) is 9.65. The fourth-order valence-corrected chi connectivity index (χ4v) is 3.48. The van der Waals surface area contributed by atoms with Crippen molar-refractivity contribution in [3.8, 4) is 0 Å². The fourth-order valence-electron chi connectivity index (χ4n) is 2.28. The number of aromatic nitrogens is 2. The second-order valence-electron chi connectivity index (χ2n) is 5.86. The molecule has 7 heteroatoms. The Balaban J connectivity index is 1.53. The van der Waals surface area contributed by atoms with Crippen LogP contribution in [-0.4, -0.2) is 31.2 Å². The molecule has 0 bridgehead atoms. The summed E-state index contributed by atoms with van der Waals surface area (Å²) in [6.07, 6.45) is 8.61. The van der Waals surface area contributed by atoms with Gasteiger partial charge in [-0.2, -0.15) is 5.10 Å². The van der Waals surface area contributed by atoms with Gasteiger partial charge in [-0.25, -0.2) is 13.1 Å². The predicted molar refractivity (Wildman–Crippen MR) is 75.6 cm³/mol. The largest absolute Gasteiger partial charge is 0.310 e. The van der Waals surface area contributed by atoms with Crippen molar-refractivity contribution in [2.75, 3.05) is 6.54 Å². The number of nitrogens with zero attached hydrogens (tertiary/aromatic N) is 1. The highest BCUT2D eigenvalue weighted by Gasteiger charge is 2.25. The van der Waals surface area contributed by atoms with Crippen LogP contribution < -0.4 is 10.0 Å². The van der Waals surface area contributed by atoms with Gasteiger partial charge in [-0.05, 0) is 31.6 Å². The molecule has 0 amide bonds. The standard InChI is InChI=1S/C13H22N4O2S/c18-20(19,16-7-1-2-10-3-4-10)13-11(9-15-17-13)8-14-12-5-6-12/h9-10,12,14,16H,1-8H2,(H,15,17). The summed E-state index contributed by atoms with van der Waals surface area (Å²) >= 11 is 0. The van der Waals surface area contributed by atoms with E-state index in [1.807, 2.05) is 0 Å². The number of rotatable bonds is 9. The summed E-state index contributed by atoms with van der Waals surface area (Å²) in [5, 5.41) is 10.00. The minimum Gasteiger partial charge on any atom is -0.310 e. The van der Waals surface area contributed by atoms with E-state index in [2.05, 4.69) is 20.2 Å². The molecule has 0 saturated heterocycles. The van der Waals surface area contributed by atoms with E-state index in [-0.39, 0.29) is 5.03 Å². The summed E-state index contributed by atoms with van der Waals surface area (Å²) in [5.41, 5.74) is 0.714. The van der Waals surface area contributed by atoms with Gasteiger partial charge in [0.1, 0.15) is 0 Å². The van der Waals surface area contributed by atoms with Gasteiger partial charge in [-0.15, -0.1) is 0 Å². The maximum atomic E-state index is 12.2. The lowest BCUT2D eigenvalue weighted by Crippen LogP contribution is -2.27. The normalized spacial score (nSPS) is 19.4. The highest BCUT2D eigenvalue weighted by molar-refractivity contribution is 7.89. The Labute approximate surface area is 119 Å². The van der Waals surface area contributed by atoms with E-state index in [0.29, 0.717) is 24.7 Å². The number of nitrogens with one attached hydrogen (secondary N) is 3. The molecular weight excluding hydrogens is 276 g/mol. The van der Waals surface area contributed by atoms with Gasteiger partial charge in [-0.1, -0.05) is 12.8 Å². The molecule has 20 heavy (non-hydrogen) atoms. The summed E-state index contributed by atoms with van der Waals surface area (Å²) in [4.78, 5) is 0. The highest BCUT2D eigenvalue weighted by Crippen LogP contribution is 2.33. The first-order valence-corrected chi connectivity index (χ1v) is 8.89. The van der Waals surface area contributed by atoms with E-state index >= 15 is 0 Å². The van der Waals surface area contributed by atoms with Crippen LogP contribution in [0.2, 0.25) is 0 Å². The van der Waals surface area contributed by atoms with Crippen molar-refractivity contribution < 1.29 is 8.42 Å². The third-order valence-electron chi connectivity index (χ3n) is 3.88. The molecule has 6 nitrogen and oxygen atoms in total. The van der Waals surface area contributed by atoms with Gasteiger partial charge >= 0.3 is 0 Å². The smallest absolute Gasteiger partial charge is 0.257 e. The topological polar surface area (TPSA) is 86.9 Å². The van der Waals surface area contributed by atoms with Crippen LogP contribution >= 0.6 is 0 Å². The maximum Gasteiger partial charge on any atom is 0.257 e. The molecule has 2 aliphatic rings. The van der Waals surface area contributed by atoms with Crippen LogP contribution in [0.3, 0.4) is 0 Å². The SMILES string of the molecule is O=S(=O)(NCCCC1CC1)c1[nH]ncc1CNC1CC1. The van der Waals surface area contributed by atoms with Gasteiger partial charge in [0, 0.05) is 24.7 Å². The lowest BCUT2D eigenvalue weighted by molar-refractivity contribution is 0.565. The second kappa shape index (κ2) is 5.83. The molecule has 112 valence electrons. The molecule has 2 aliphatic carbocycles. The molecule has 2 fully saturated rings. The zero-order valence-corrected chi connectivity index (χ0v) is 12.4. The Morgan fingerprint density at radius 3 is 2.80 bits per heavy atom. The van der Waals surface area contributed by atoms with Crippen LogP contribution in [-0.2, 0) is 16.6 Å². The molecule has 3 rings (SSSR count).